The number of carbonyl (C=O) groups excluding carboxylic acids is 1. The van der Waals surface area contributed by atoms with Gasteiger partial charge in [0.2, 0.25) is 5.91 Å². The Morgan fingerprint density at radius 2 is 1.94 bits per heavy atom. The minimum atomic E-state index is -0.0335. The molecule has 2 aliphatic rings. The summed E-state index contributed by atoms with van der Waals surface area (Å²) >= 11 is 1.35. The van der Waals surface area contributed by atoms with E-state index < -0.39 is 0 Å². The standard InChI is InChI=1S/C24H34N4O3S/c1-2-12-28-22(30)19-8-4-5-9-20(19)26-23(28)32-17-21(29)25-18-24(10-6-3-7-11-24)27-13-15-31-16-14-27/h4-5,8-9H,2-3,6-7,10-18H2,1H3,(H,25,29). The number of nitrogens with one attached hydrogen (secondary N) is 1. The van der Waals surface area contributed by atoms with E-state index in [1.165, 1.54) is 31.0 Å². The van der Waals surface area contributed by atoms with E-state index in [0.29, 0.717) is 29.1 Å². The van der Waals surface area contributed by atoms with E-state index >= 15 is 0 Å². The lowest BCUT2D eigenvalue weighted by Crippen LogP contribution is -2.59. The molecule has 1 aliphatic heterocycles. The molecule has 1 saturated carbocycles. The minimum absolute atomic E-state index is 0.00124. The lowest BCUT2D eigenvalue weighted by atomic mass is 9.79. The van der Waals surface area contributed by atoms with E-state index in [-0.39, 0.29) is 22.8 Å². The summed E-state index contributed by atoms with van der Waals surface area (Å²) in [6.45, 7) is 6.74. The quantitative estimate of drug-likeness (QED) is 0.484. The van der Waals surface area contributed by atoms with Crippen LogP contribution in [0.4, 0.5) is 0 Å². The van der Waals surface area contributed by atoms with Gasteiger partial charge in [0.05, 0.1) is 29.9 Å². The average Bonchev–Trinajstić information content (AvgIpc) is 2.84. The highest BCUT2D eigenvalue weighted by Gasteiger charge is 2.38. The van der Waals surface area contributed by atoms with Crippen molar-refractivity contribution < 1.29 is 9.53 Å². The van der Waals surface area contributed by atoms with Crippen molar-refractivity contribution >= 4 is 28.6 Å². The number of aromatic nitrogens is 2. The van der Waals surface area contributed by atoms with Crippen LogP contribution in [0, 0.1) is 0 Å². The first kappa shape index (κ1) is 23.3. The third-order valence-electron chi connectivity index (χ3n) is 6.69. The molecule has 1 N–H and O–H groups in total. The number of hydrogen-bond donors (Lipinski definition) is 1. The maximum absolute atomic E-state index is 12.9. The molecule has 8 heteroatoms. The predicted octanol–water partition coefficient (Wildman–Crippen LogP) is 3.05. The minimum Gasteiger partial charge on any atom is -0.379 e. The van der Waals surface area contributed by atoms with Crippen molar-refractivity contribution in [2.75, 3.05) is 38.6 Å². The molecule has 4 rings (SSSR count). The molecule has 0 bridgehead atoms. The van der Waals surface area contributed by atoms with Crippen molar-refractivity contribution in [3.8, 4) is 0 Å². The molecular weight excluding hydrogens is 424 g/mol. The molecule has 0 unspecified atom stereocenters. The van der Waals surface area contributed by atoms with Crippen molar-refractivity contribution in [2.45, 2.75) is 62.7 Å². The van der Waals surface area contributed by atoms with Crippen LogP contribution in [0.15, 0.2) is 34.2 Å². The highest BCUT2D eigenvalue weighted by atomic mass is 32.2. The van der Waals surface area contributed by atoms with E-state index in [1.54, 1.807) is 4.57 Å². The summed E-state index contributed by atoms with van der Waals surface area (Å²) in [5.41, 5.74) is 0.698. The Bertz CT molecular complexity index is 981. The summed E-state index contributed by atoms with van der Waals surface area (Å²) in [5, 5.41) is 4.45. The maximum atomic E-state index is 12.9. The van der Waals surface area contributed by atoms with Gasteiger partial charge >= 0.3 is 0 Å². The third kappa shape index (κ3) is 5.18. The molecule has 1 aromatic carbocycles. The number of benzene rings is 1. The van der Waals surface area contributed by atoms with Crippen LogP contribution < -0.4 is 10.9 Å². The van der Waals surface area contributed by atoms with Crippen LogP contribution >= 0.6 is 11.8 Å². The van der Waals surface area contributed by atoms with Crippen molar-refractivity contribution in [2.24, 2.45) is 0 Å². The van der Waals surface area contributed by atoms with Gasteiger partial charge in [0, 0.05) is 31.7 Å². The molecule has 1 saturated heterocycles. The van der Waals surface area contributed by atoms with E-state index in [9.17, 15) is 9.59 Å². The largest absolute Gasteiger partial charge is 0.379 e. The average molecular weight is 459 g/mol. The number of rotatable bonds is 8. The molecule has 1 aliphatic carbocycles. The molecule has 1 amide bonds. The van der Waals surface area contributed by atoms with Gasteiger partial charge in [-0.05, 0) is 31.4 Å². The number of morpholine rings is 1. The fourth-order valence-corrected chi connectivity index (χ4v) is 5.83. The second kappa shape index (κ2) is 10.8. The molecule has 2 heterocycles. The van der Waals surface area contributed by atoms with Crippen LogP contribution in [0.5, 0.6) is 0 Å². The first-order valence-electron chi connectivity index (χ1n) is 11.8. The second-order valence-electron chi connectivity index (χ2n) is 8.82. The summed E-state index contributed by atoms with van der Waals surface area (Å²) in [4.78, 5) is 33.0. The Hall–Kier alpha value is -1.90. The first-order valence-corrected chi connectivity index (χ1v) is 12.8. The number of ether oxygens (including phenoxy) is 1. The SMILES string of the molecule is CCCn1c(SCC(=O)NCC2(N3CCOCC3)CCCCC2)nc2ccccc2c1=O. The molecule has 0 spiro atoms. The second-order valence-corrected chi connectivity index (χ2v) is 9.76. The van der Waals surface area contributed by atoms with Crippen molar-refractivity contribution in [3.05, 3.63) is 34.6 Å². The summed E-state index contributed by atoms with van der Waals surface area (Å²) in [5.74, 6) is 0.256. The zero-order valence-corrected chi connectivity index (χ0v) is 19.8. The summed E-state index contributed by atoms with van der Waals surface area (Å²) in [6, 6.07) is 7.41. The number of para-hydroxylation sites is 1. The van der Waals surface area contributed by atoms with Crippen LogP contribution in [0.3, 0.4) is 0 Å². The third-order valence-corrected chi connectivity index (χ3v) is 7.66. The molecule has 2 fully saturated rings. The zero-order chi connectivity index (χ0) is 22.4. The van der Waals surface area contributed by atoms with Gasteiger partial charge in [0.25, 0.3) is 5.56 Å². The Morgan fingerprint density at radius 3 is 2.69 bits per heavy atom. The highest BCUT2D eigenvalue weighted by molar-refractivity contribution is 7.99. The van der Waals surface area contributed by atoms with Crippen LogP contribution in [-0.2, 0) is 16.1 Å². The molecule has 32 heavy (non-hydrogen) atoms. The Labute approximate surface area is 193 Å². The van der Waals surface area contributed by atoms with Crippen molar-refractivity contribution in [1.29, 1.82) is 0 Å². The normalized spacial score (nSPS) is 19.2. The Balaban J connectivity index is 1.42. The summed E-state index contributed by atoms with van der Waals surface area (Å²) < 4.78 is 7.26. The van der Waals surface area contributed by atoms with Gasteiger partial charge in [-0.1, -0.05) is 50.1 Å². The molecule has 2 aromatic rings. The lowest BCUT2D eigenvalue weighted by Gasteiger charge is -2.48. The van der Waals surface area contributed by atoms with E-state index in [1.807, 2.05) is 31.2 Å². The summed E-state index contributed by atoms with van der Waals surface area (Å²) in [6.07, 6.45) is 6.80. The smallest absolute Gasteiger partial charge is 0.262 e. The van der Waals surface area contributed by atoms with Crippen molar-refractivity contribution in [3.63, 3.8) is 0 Å². The Morgan fingerprint density at radius 1 is 1.19 bits per heavy atom. The van der Waals surface area contributed by atoms with E-state index in [0.717, 1.165) is 45.6 Å². The van der Waals surface area contributed by atoms with Gasteiger partial charge < -0.3 is 10.1 Å². The monoisotopic (exact) mass is 458 g/mol. The number of thioether (sulfide) groups is 1. The van der Waals surface area contributed by atoms with E-state index in [4.69, 9.17) is 4.74 Å². The molecule has 7 nitrogen and oxygen atoms in total. The fraction of sp³-hybridized carbons (Fsp3) is 0.625. The van der Waals surface area contributed by atoms with E-state index in [2.05, 4.69) is 15.2 Å². The van der Waals surface area contributed by atoms with Crippen LogP contribution in [0.25, 0.3) is 10.9 Å². The van der Waals surface area contributed by atoms with Crippen LogP contribution in [0.2, 0.25) is 0 Å². The molecule has 0 radical (unpaired) electrons. The maximum Gasteiger partial charge on any atom is 0.262 e. The van der Waals surface area contributed by atoms with Gasteiger partial charge in [0.1, 0.15) is 0 Å². The molecule has 174 valence electrons. The van der Waals surface area contributed by atoms with Gasteiger partial charge in [0.15, 0.2) is 5.16 Å². The van der Waals surface area contributed by atoms with Gasteiger partial charge in [-0.3, -0.25) is 19.1 Å². The number of carbonyl (C=O) groups is 1. The highest BCUT2D eigenvalue weighted by Crippen LogP contribution is 2.34. The fourth-order valence-electron chi connectivity index (χ4n) is 4.98. The number of amides is 1. The topological polar surface area (TPSA) is 76.5 Å². The number of nitrogens with zero attached hydrogens (tertiary/aromatic N) is 3. The predicted molar refractivity (Wildman–Crippen MR) is 128 cm³/mol. The molecule has 1 aromatic heterocycles. The van der Waals surface area contributed by atoms with Crippen molar-refractivity contribution in [1.82, 2.24) is 19.8 Å². The molecular formula is C24H34N4O3S. The van der Waals surface area contributed by atoms with Gasteiger partial charge in [-0.15, -0.1) is 0 Å². The van der Waals surface area contributed by atoms with Gasteiger partial charge in [-0.25, -0.2) is 4.98 Å². The lowest BCUT2D eigenvalue weighted by molar-refractivity contribution is -0.119. The number of hydrogen-bond acceptors (Lipinski definition) is 6. The first-order chi connectivity index (χ1) is 15.6. The number of fused-ring (bicyclic) bond motifs is 1. The zero-order valence-electron chi connectivity index (χ0n) is 19.0. The Kier molecular flexibility index (Phi) is 7.86. The van der Waals surface area contributed by atoms with Gasteiger partial charge in [-0.2, -0.15) is 0 Å². The van der Waals surface area contributed by atoms with Crippen LogP contribution in [0.1, 0.15) is 45.4 Å². The summed E-state index contributed by atoms with van der Waals surface area (Å²) in [7, 11) is 0. The molecule has 0 atom stereocenters. The van der Waals surface area contributed by atoms with Crippen LogP contribution in [-0.4, -0.2) is 64.5 Å².